The van der Waals surface area contributed by atoms with Crippen LogP contribution in [0, 0.1) is 0 Å². The van der Waals surface area contributed by atoms with Crippen LogP contribution in [0.15, 0.2) is 12.3 Å². The van der Waals surface area contributed by atoms with E-state index in [4.69, 9.17) is 5.73 Å². The summed E-state index contributed by atoms with van der Waals surface area (Å²) in [5.74, 6) is -0.625. The third-order valence-corrected chi connectivity index (χ3v) is 2.96. The first kappa shape index (κ1) is 14.5. The first-order chi connectivity index (χ1) is 8.09. The molecule has 2 heterocycles. The predicted octanol–water partition coefficient (Wildman–Crippen LogP) is -0.0307. The lowest BCUT2D eigenvalue weighted by molar-refractivity contribution is 0.0650. The Morgan fingerprint density at radius 2 is 2.22 bits per heavy atom. The molecule has 2 amide bonds. The Hall–Kier alpha value is -1.53. The van der Waals surface area contributed by atoms with Gasteiger partial charge in [-0.15, -0.1) is 12.4 Å². The first-order valence-electron chi connectivity index (χ1n) is 5.59. The summed E-state index contributed by atoms with van der Waals surface area (Å²) in [6, 6.07) is 1.65. The molecule has 0 spiro atoms. The van der Waals surface area contributed by atoms with Crippen LogP contribution < -0.4 is 11.1 Å². The molecule has 0 unspecified atom stereocenters. The van der Waals surface area contributed by atoms with Crippen molar-refractivity contribution < 1.29 is 9.59 Å². The van der Waals surface area contributed by atoms with Crippen molar-refractivity contribution in [2.24, 2.45) is 5.73 Å². The molecule has 0 aromatic carbocycles. The molecule has 7 heteroatoms. The molecule has 2 rings (SSSR count). The van der Waals surface area contributed by atoms with Gasteiger partial charge in [0.2, 0.25) is 5.91 Å². The molecule has 1 aliphatic rings. The Morgan fingerprint density at radius 1 is 1.50 bits per heavy atom. The first-order valence-corrected chi connectivity index (χ1v) is 5.59. The minimum atomic E-state index is -0.534. The van der Waals surface area contributed by atoms with Crippen LogP contribution in [0.5, 0.6) is 0 Å². The van der Waals surface area contributed by atoms with Crippen molar-refractivity contribution in [3.63, 3.8) is 0 Å². The highest BCUT2D eigenvalue weighted by Crippen LogP contribution is 2.10. The van der Waals surface area contributed by atoms with E-state index in [2.05, 4.69) is 10.3 Å². The molecule has 1 aromatic heterocycles. The fraction of sp³-hybridized carbons (Fsp3) is 0.455. The van der Waals surface area contributed by atoms with Crippen molar-refractivity contribution in [3.8, 4) is 0 Å². The van der Waals surface area contributed by atoms with Gasteiger partial charge in [0, 0.05) is 31.9 Å². The third kappa shape index (κ3) is 2.83. The minimum Gasteiger partial charge on any atom is -0.366 e. The van der Waals surface area contributed by atoms with Crippen LogP contribution >= 0.6 is 12.4 Å². The zero-order valence-corrected chi connectivity index (χ0v) is 10.9. The Kier molecular flexibility index (Phi) is 4.75. The van der Waals surface area contributed by atoms with Gasteiger partial charge in [0.15, 0.2) is 0 Å². The SMILES string of the molecule is C[C@H]1CNCCN1C(=O)c1cc(C(N)=O)c[nH]1.Cl. The second-order valence-electron chi connectivity index (χ2n) is 4.22. The van der Waals surface area contributed by atoms with Gasteiger partial charge in [-0.3, -0.25) is 9.59 Å². The molecule has 1 saturated heterocycles. The summed E-state index contributed by atoms with van der Waals surface area (Å²) in [5, 5.41) is 3.22. The van der Waals surface area contributed by atoms with Crippen LogP contribution in [0.25, 0.3) is 0 Å². The van der Waals surface area contributed by atoms with Crippen LogP contribution in [-0.2, 0) is 0 Å². The second kappa shape index (κ2) is 5.88. The maximum Gasteiger partial charge on any atom is 0.270 e. The van der Waals surface area contributed by atoms with Gasteiger partial charge in [-0.25, -0.2) is 0 Å². The number of halogens is 1. The molecule has 1 aromatic rings. The molecule has 0 radical (unpaired) electrons. The van der Waals surface area contributed by atoms with Gasteiger partial charge in [-0.05, 0) is 13.0 Å². The van der Waals surface area contributed by atoms with E-state index in [-0.39, 0.29) is 24.4 Å². The lowest BCUT2D eigenvalue weighted by Gasteiger charge is -2.33. The van der Waals surface area contributed by atoms with E-state index in [1.54, 1.807) is 4.90 Å². The minimum absolute atomic E-state index is 0. The summed E-state index contributed by atoms with van der Waals surface area (Å²) in [5.41, 5.74) is 5.88. The summed E-state index contributed by atoms with van der Waals surface area (Å²) in [4.78, 5) is 27.7. The van der Waals surface area contributed by atoms with Crippen LogP contribution in [0.3, 0.4) is 0 Å². The standard InChI is InChI=1S/C11H16N4O2.ClH/c1-7-5-13-2-3-15(7)11(17)9-4-8(6-14-9)10(12)16;/h4,6-7,13-14H,2-3,5H2,1H3,(H2,12,16);1H/t7-;/m0./s1. The molecule has 0 saturated carbocycles. The van der Waals surface area contributed by atoms with E-state index in [1.807, 2.05) is 6.92 Å². The van der Waals surface area contributed by atoms with E-state index in [1.165, 1.54) is 12.3 Å². The Bertz CT molecular complexity index is 446. The topological polar surface area (TPSA) is 91.2 Å². The van der Waals surface area contributed by atoms with Crippen LogP contribution in [0.2, 0.25) is 0 Å². The number of H-pyrrole nitrogens is 1. The normalized spacial score (nSPS) is 19.2. The van der Waals surface area contributed by atoms with E-state index in [9.17, 15) is 9.59 Å². The monoisotopic (exact) mass is 272 g/mol. The van der Waals surface area contributed by atoms with Gasteiger partial charge in [0.1, 0.15) is 5.69 Å². The zero-order chi connectivity index (χ0) is 12.4. The van der Waals surface area contributed by atoms with E-state index < -0.39 is 5.91 Å². The van der Waals surface area contributed by atoms with Gasteiger partial charge >= 0.3 is 0 Å². The van der Waals surface area contributed by atoms with E-state index >= 15 is 0 Å². The number of nitrogens with zero attached hydrogens (tertiary/aromatic N) is 1. The number of hydrogen-bond donors (Lipinski definition) is 3. The maximum absolute atomic E-state index is 12.2. The Morgan fingerprint density at radius 3 is 2.78 bits per heavy atom. The molecular formula is C11H17ClN4O2. The molecule has 100 valence electrons. The highest BCUT2D eigenvalue weighted by molar-refractivity contribution is 5.98. The molecule has 1 aliphatic heterocycles. The highest BCUT2D eigenvalue weighted by atomic mass is 35.5. The lowest BCUT2D eigenvalue weighted by atomic mass is 10.2. The number of nitrogens with two attached hydrogens (primary N) is 1. The van der Waals surface area contributed by atoms with Crippen molar-refractivity contribution in [3.05, 3.63) is 23.5 Å². The van der Waals surface area contributed by atoms with Crippen molar-refractivity contribution in [1.29, 1.82) is 0 Å². The van der Waals surface area contributed by atoms with Crippen molar-refractivity contribution >= 4 is 24.2 Å². The number of hydrogen-bond acceptors (Lipinski definition) is 3. The number of carbonyl (C=O) groups excluding carboxylic acids is 2. The number of aromatic nitrogens is 1. The Balaban J connectivity index is 0.00000162. The summed E-state index contributed by atoms with van der Waals surface area (Å²) < 4.78 is 0. The molecule has 1 fully saturated rings. The fourth-order valence-corrected chi connectivity index (χ4v) is 1.96. The van der Waals surface area contributed by atoms with Gasteiger partial charge in [0.05, 0.1) is 5.56 Å². The van der Waals surface area contributed by atoms with Crippen molar-refractivity contribution in [2.45, 2.75) is 13.0 Å². The average Bonchev–Trinajstić information content (AvgIpc) is 2.78. The number of primary amides is 1. The average molecular weight is 273 g/mol. The Labute approximate surface area is 111 Å². The van der Waals surface area contributed by atoms with E-state index in [0.717, 1.165) is 13.1 Å². The molecule has 0 bridgehead atoms. The summed E-state index contributed by atoms with van der Waals surface area (Å²) in [6.45, 7) is 4.24. The number of amides is 2. The molecule has 18 heavy (non-hydrogen) atoms. The van der Waals surface area contributed by atoms with Crippen molar-refractivity contribution in [1.82, 2.24) is 15.2 Å². The second-order valence-corrected chi connectivity index (χ2v) is 4.22. The van der Waals surface area contributed by atoms with Gasteiger partial charge in [-0.1, -0.05) is 0 Å². The van der Waals surface area contributed by atoms with Gasteiger partial charge in [-0.2, -0.15) is 0 Å². The number of nitrogens with one attached hydrogen (secondary N) is 2. The maximum atomic E-state index is 12.2. The number of rotatable bonds is 2. The fourth-order valence-electron chi connectivity index (χ4n) is 1.96. The molecule has 4 N–H and O–H groups in total. The predicted molar refractivity (Wildman–Crippen MR) is 69.9 cm³/mol. The number of carbonyl (C=O) groups is 2. The van der Waals surface area contributed by atoms with Crippen molar-refractivity contribution in [2.75, 3.05) is 19.6 Å². The van der Waals surface area contributed by atoms with Gasteiger partial charge in [0.25, 0.3) is 5.91 Å². The smallest absolute Gasteiger partial charge is 0.270 e. The quantitative estimate of drug-likeness (QED) is 0.706. The van der Waals surface area contributed by atoms with E-state index in [0.29, 0.717) is 17.8 Å². The third-order valence-electron chi connectivity index (χ3n) is 2.96. The van der Waals surface area contributed by atoms with Crippen LogP contribution in [0.1, 0.15) is 27.8 Å². The number of piperazine rings is 1. The summed E-state index contributed by atoms with van der Waals surface area (Å²) >= 11 is 0. The summed E-state index contributed by atoms with van der Waals surface area (Å²) in [6.07, 6.45) is 1.46. The molecular weight excluding hydrogens is 256 g/mol. The summed E-state index contributed by atoms with van der Waals surface area (Å²) in [7, 11) is 0. The molecule has 6 nitrogen and oxygen atoms in total. The zero-order valence-electron chi connectivity index (χ0n) is 10.1. The molecule has 0 aliphatic carbocycles. The lowest BCUT2D eigenvalue weighted by Crippen LogP contribution is -2.52. The van der Waals surface area contributed by atoms with Crippen LogP contribution in [0.4, 0.5) is 0 Å². The highest BCUT2D eigenvalue weighted by Gasteiger charge is 2.25. The van der Waals surface area contributed by atoms with Crippen LogP contribution in [-0.4, -0.2) is 47.4 Å². The number of aromatic amines is 1. The largest absolute Gasteiger partial charge is 0.366 e. The molecule has 1 atom stereocenters. The van der Waals surface area contributed by atoms with Gasteiger partial charge < -0.3 is 20.9 Å².